The van der Waals surface area contributed by atoms with E-state index in [-0.39, 0.29) is 18.4 Å². The van der Waals surface area contributed by atoms with Crippen molar-refractivity contribution in [3.05, 3.63) is 65.7 Å². The van der Waals surface area contributed by atoms with Gasteiger partial charge in [0.2, 0.25) is 0 Å². The van der Waals surface area contributed by atoms with Crippen LogP contribution >= 0.6 is 12.4 Å². The fourth-order valence-corrected chi connectivity index (χ4v) is 3.59. The minimum absolute atomic E-state index is 0. The lowest BCUT2D eigenvalue weighted by Gasteiger charge is -2.39. The number of hydrogen-bond acceptors (Lipinski definition) is 3. The third-order valence-corrected chi connectivity index (χ3v) is 4.61. The van der Waals surface area contributed by atoms with Crippen LogP contribution in [0.15, 0.2) is 54.6 Å². The van der Waals surface area contributed by atoms with Crippen LogP contribution in [-0.2, 0) is 6.42 Å². The predicted octanol–water partition coefficient (Wildman–Crippen LogP) is 3.99. The summed E-state index contributed by atoms with van der Waals surface area (Å²) < 4.78 is 5.51. The van der Waals surface area contributed by atoms with Crippen molar-refractivity contribution < 1.29 is 4.74 Å². The van der Waals surface area contributed by atoms with Gasteiger partial charge in [0.25, 0.3) is 0 Å². The summed E-state index contributed by atoms with van der Waals surface area (Å²) in [7, 11) is 1.74. The highest BCUT2D eigenvalue weighted by atomic mass is 35.5. The molecule has 0 aliphatic carbocycles. The molecule has 0 saturated carbocycles. The molecule has 0 unspecified atom stereocenters. The molecule has 0 aromatic heterocycles. The minimum Gasteiger partial charge on any atom is -0.496 e. The smallest absolute Gasteiger partial charge is 0.122 e. The zero-order valence-corrected chi connectivity index (χ0v) is 14.3. The van der Waals surface area contributed by atoms with Gasteiger partial charge in [0.15, 0.2) is 0 Å². The van der Waals surface area contributed by atoms with E-state index in [4.69, 9.17) is 10.6 Å². The third-order valence-electron chi connectivity index (χ3n) is 4.61. The Morgan fingerprint density at radius 2 is 1.78 bits per heavy atom. The molecule has 2 N–H and O–H groups in total. The van der Waals surface area contributed by atoms with Gasteiger partial charge in [-0.2, -0.15) is 0 Å². The van der Waals surface area contributed by atoms with Gasteiger partial charge < -0.3 is 4.74 Å². The van der Waals surface area contributed by atoms with Crippen LogP contribution in [0.25, 0.3) is 0 Å². The molecule has 2 aromatic carbocycles. The van der Waals surface area contributed by atoms with Crippen LogP contribution in [0.3, 0.4) is 0 Å². The molecule has 0 bridgehead atoms. The molecule has 3 rings (SSSR count). The van der Waals surface area contributed by atoms with Crippen LogP contribution in [0.4, 0.5) is 0 Å². The van der Waals surface area contributed by atoms with E-state index in [1.165, 1.54) is 17.5 Å². The lowest BCUT2D eigenvalue weighted by molar-refractivity contribution is 0.0923. The van der Waals surface area contributed by atoms with Crippen LogP contribution in [0.5, 0.6) is 5.75 Å². The van der Waals surface area contributed by atoms with E-state index >= 15 is 0 Å². The van der Waals surface area contributed by atoms with E-state index in [1.807, 2.05) is 17.1 Å². The molecule has 0 spiro atoms. The van der Waals surface area contributed by atoms with E-state index in [0.29, 0.717) is 5.92 Å². The molecule has 1 aliphatic heterocycles. The summed E-state index contributed by atoms with van der Waals surface area (Å²) >= 11 is 0. The molecule has 1 saturated heterocycles. The number of nitrogens with two attached hydrogens (primary N) is 1. The second kappa shape index (κ2) is 8.34. The number of hydrazine groups is 1. The molecule has 1 fully saturated rings. The van der Waals surface area contributed by atoms with Gasteiger partial charge in [0.05, 0.1) is 13.2 Å². The fraction of sp³-hybridized carbons (Fsp3) is 0.368. The number of nitrogens with zero attached hydrogens (tertiary/aromatic N) is 1. The quantitative estimate of drug-likeness (QED) is 0.860. The number of halogens is 1. The summed E-state index contributed by atoms with van der Waals surface area (Å²) in [5, 5.41) is 2.01. The highest BCUT2D eigenvalue weighted by molar-refractivity contribution is 5.85. The number of hydrogen-bond donors (Lipinski definition) is 1. The van der Waals surface area contributed by atoms with Crippen molar-refractivity contribution >= 4 is 12.4 Å². The lowest BCUT2D eigenvalue weighted by Crippen LogP contribution is -2.44. The zero-order chi connectivity index (χ0) is 15.4. The second-order valence-electron chi connectivity index (χ2n) is 6.01. The molecule has 4 heteroatoms. The van der Waals surface area contributed by atoms with Crippen LogP contribution in [-0.4, -0.2) is 18.7 Å². The zero-order valence-electron chi connectivity index (χ0n) is 13.5. The van der Waals surface area contributed by atoms with Gasteiger partial charge in [-0.15, -0.1) is 12.4 Å². The van der Waals surface area contributed by atoms with Crippen molar-refractivity contribution in [1.82, 2.24) is 5.01 Å². The molecule has 1 aliphatic rings. The first-order valence-corrected chi connectivity index (χ1v) is 7.98. The number of benzene rings is 2. The Morgan fingerprint density at radius 3 is 2.52 bits per heavy atom. The van der Waals surface area contributed by atoms with Crippen LogP contribution in [0, 0.1) is 5.92 Å². The van der Waals surface area contributed by atoms with Gasteiger partial charge in [0, 0.05) is 6.54 Å². The van der Waals surface area contributed by atoms with Crippen molar-refractivity contribution in [3.8, 4) is 5.75 Å². The number of para-hydroxylation sites is 1. The van der Waals surface area contributed by atoms with Crippen molar-refractivity contribution in [3.63, 3.8) is 0 Å². The van der Waals surface area contributed by atoms with Gasteiger partial charge in [-0.25, -0.2) is 5.01 Å². The number of ether oxygens (including phenoxy) is 1. The molecule has 124 valence electrons. The Bertz CT molecular complexity index is 605. The van der Waals surface area contributed by atoms with Gasteiger partial charge in [0.1, 0.15) is 5.75 Å². The van der Waals surface area contributed by atoms with E-state index in [2.05, 4.69) is 42.5 Å². The fourth-order valence-electron chi connectivity index (χ4n) is 3.59. The average molecular weight is 333 g/mol. The maximum atomic E-state index is 6.33. The summed E-state index contributed by atoms with van der Waals surface area (Å²) in [5.41, 5.74) is 2.58. The van der Waals surface area contributed by atoms with Crippen molar-refractivity contribution in [2.45, 2.75) is 25.3 Å². The van der Waals surface area contributed by atoms with Crippen molar-refractivity contribution in [2.24, 2.45) is 11.8 Å². The van der Waals surface area contributed by atoms with Crippen LogP contribution < -0.4 is 10.6 Å². The average Bonchev–Trinajstić information content (AvgIpc) is 2.56. The molecular formula is C19H25ClN2O. The summed E-state index contributed by atoms with van der Waals surface area (Å²) in [4.78, 5) is 0. The standard InChI is InChI=1S/C19H24N2O.ClH/c1-22-18-12-6-5-10-16(18)14-17-11-7-13-21(20)19(17)15-8-3-2-4-9-15;/h2-6,8-10,12,17,19H,7,11,13-14,20H2,1H3;1H/t17-,19+;/m0./s1. The predicted molar refractivity (Wildman–Crippen MR) is 96.7 cm³/mol. The second-order valence-corrected chi connectivity index (χ2v) is 6.01. The SMILES string of the molecule is COc1ccccc1C[C@@H]1CCCN(N)[C@@H]1c1ccccc1.Cl. The van der Waals surface area contributed by atoms with E-state index in [1.54, 1.807) is 7.11 Å². The summed E-state index contributed by atoms with van der Waals surface area (Å²) in [6, 6.07) is 19.2. The van der Waals surface area contributed by atoms with Crippen molar-refractivity contribution in [2.75, 3.05) is 13.7 Å². The third kappa shape index (κ3) is 4.05. The number of methoxy groups -OCH3 is 1. The van der Waals surface area contributed by atoms with E-state index in [0.717, 1.165) is 25.1 Å². The first-order chi connectivity index (χ1) is 10.8. The molecule has 1 heterocycles. The number of piperidine rings is 1. The highest BCUT2D eigenvalue weighted by Gasteiger charge is 2.31. The molecule has 0 radical (unpaired) electrons. The maximum Gasteiger partial charge on any atom is 0.122 e. The first-order valence-electron chi connectivity index (χ1n) is 7.98. The lowest BCUT2D eigenvalue weighted by atomic mass is 9.81. The molecule has 0 amide bonds. The molecule has 2 atom stereocenters. The molecule has 3 nitrogen and oxygen atoms in total. The molecule has 23 heavy (non-hydrogen) atoms. The van der Waals surface area contributed by atoms with Crippen LogP contribution in [0.2, 0.25) is 0 Å². The topological polar surface area (TPSA) is 38.5 Å². The normalized spacial score (nSPS) is 21.5. The van der Waals surface area contributed by atoms with Crippen LogP contribution in [0.1, 0.15) is 30.0 Å². The van der Waals surface area contributed by atoms with E-state index < -0.39 is 0 Å². The Labute approximate surface area is 144 Å². The van der Waals surface area contributed by atoms with Crippen molar-refractivity contribution in [1.29, 1.82) is 0 Å². The monoisotopic (exact) mass is 332 g/mol. The minimum atomic E-state index is 0. The largest absolute Gasteiger partial charge is 0.496 e. The van der Waals surface area contributed by atoms with Gasteiger partial charge >= 0.3 is 0 Å². The highest BCUT2D eigenvalue weighted by Crippen LogP contribution is 2.37. The van der Waals surface area contributed by atoms with Gasteiger partial charge in [-0.3, -0.25) is 5.84 Å². The summed E-state index contributed by atoms with van der Waals surface area (Å²) in [6.45, 7) is 0.960. The maximum absolute atomic E-state index is 6.33. The summed E-state index contributed by atoms with van der Waals surface area (Å²) in [6.07, 6.45) is 3.35. The van der Waals surface area contributed by atoms with Gasteiger partial charge in [-0.1, -0.05) is 48.5 Å². The number of rotatable bonds is 4. The molecular weight excluding hydrogens is 308 g/mol. The Balaban J connectivity index is 0.00000192. The molecule has 2 aromatic rings. The first kappa shape index (κ1) is 17.8. The van der Waals surface area contributed by atoms with E-state index in [9.17, 15) is 0 Å². The summed E-state index contributed by atoms with van der Waals surface area (Å²) in [5.74, 6) is 7.81. The van der Waals surface area contributed by atoms with Gasteiger partial charge in [-0.05, 0) is 42.4 Å². The Hall–Kier alpha value is -1.55. The Morgan fingerprint density at radius 1 is 1.09 bits per heavy atom. The Kier molecular flexibility index (Phi) is 6.46.